The Balaban J connectivity index is 1.43. The Kier molecular flexibility index (Phi) is 4.78. The average molecular weight is 278 g/mol. The Morgan fingerprint density at radius 2 is 2.40 bits per heavy atom. The van der Waals surface area contributed by atoms with Crippen molar-refractivity contribution >= 4 is 5.82 Å². The summed E-state index contributed by atoms with van der Waals surface area (Å²) < 4.78 is 11.3. The fraction of sp³-hybridized carbons (Fsp3) is 0.714. The van der Waals surface area contributed by atoms with Crippen LogP contribution in [0, 0.1) is 5.92 Å². The maximum Gasteiger partial charge on any atom is 0.148 e. The van der Waals surface area contributed by atoms with Crippen LogP contribution in [0.1, 0.15) is 6.42 Å². The molecule has 110 valence electrons. The van der Waals surface area contributed by atoms with Gasteiger partial charge in [-0.2, -0.15) is 5.10 Å². The Morgan fingerprint density at radius 1 is 1.40 bits per heavy atom. The average Bonchev–Trinajstić information content (AvgIpc) is 3.00. The zero-order valence-corrected chi connectivity index (χ0v) is 11.7. The second-order valence-electron chi connectivity index (χ2n) is 5.47. The summed E-state index contributed by atoms with van der Waals surface area (Å²) >= 11 is 0. The smallest absolute Gasteiger partial charge is 0.148 e. The standard InChI is InChI=1S/C14H22N4O2/c1-2-14(17-16-4-1)15-8-13-10-18(5-7-20-13)9-12-3-6-19-11-12/h1-2,4,12-13H,3,5-11H2,(H,15,17)/t12-,13+/m0/s1. The van der Waals surface area contributed by atoms with Crippen molar-refractivity contribution in [2.75, 3.05) is 51.3 Å². The highest BCUT2D eigenvalue weighted by Crippen LogP contribution is 2.16. The third-order valence-corrected chi connectivity index (χ3v) is 3.85. The van der Waals surface area contributed by atoms with E-state index in [1.165, 1.54) is 6.42 Å². The molecular weight excluding hydrogens is 256 g/mol. The van der Waals surface area contributed by atoms with Crippen molar-refractivity contribution in [3.8, 4) is 0 Å². The molecule has 0 spiro atoms. The Hall–Kier alpha value is -1.24. The van der Waals surface area contributed by atoms with Crippen LogP contribution < -0.4 is 5.32 Å². The van der Waals surface area contributed by atoms with E-state index >= 15 is 0 Å². The normalized spacial score (nSPS) is 27.6. The molecule has 0 aromatic carbocycles. The van der Waals surface area contributed by atoms with Crippen molar-refractivity contribution in [2.24, 2.45) is 5.92 Å². The van der Waals surface area contributed by atoms with Gasteiger partial charge in [-0.3, -0.25) is 4.90 Å². The molecule has 0 aliphatic carbocycles. The molecule has 0 radical (unpaired) electrons. The maximum atomic E-state index is 5.81. The topological polar surface area (TPSA) is 59.5 Å². The van der Waals surface area contributed by atoms with Crippen molar-refractivity contribution in [2.45, 2.75) is 12.5 Å². The number of nitrogens with one attached hydrogen (secondary N) is 1. The van der Waals surface area contributed by atoms with Crippen LogP contribution in [0.2, 0.25) is 0 Å². The summed E-state index contributed by atoms with van der Waals surface area (Å²) in [5.41, 5.74) is 0. The largest absolute Gasteiger partial charge is 0.381 e. The second-order valence-corrected chi connectivity index (χ2v) is 5.47. The molecule has 2 aliphatic heterocycles. The highest BCUT2D eigenvalue weighted by atomic mass is 16.5. The van der Waals surface area contributed by atoms with Crippen LogP contribution in [-0.4, -0.2) is 67.2 Å². The maximum absolute atomic E-state index is 5.81. The zero-order valence-electron chi connectivity index (χ0n) is 11.7. The number of aromatic nitrogens is 2. The Morgan fingerprint density at radius 3 is 3.20 bits per heavy atom. The van der Waals surface area contributed by atoms with Gasteiger partial charge in [-0.15, -0.1) is 5.10 Å². The summed E-state index contributed by atoms with van der Waals surface area (Å²) in [6.07, 6.45) is 3.08. The summed E-state index contributed by atoms with van der Waals surface area (Å²) in [4.78, 5) is 2.49. The number of hydrogen-bond acceptors (Lipinski definition) is 6. The predicted molar refractivity (Wildman–Crippen MR) is 75.6 cm³/mol. The first kappa shape index (κ1) is 13.7. The van der Waals surface area contributed by atoms with E-state index in [2.05, 4.69) is 20.4 Å². The Labute approximate surface area is 119 Å². The summed E-state index contributed by atoms with van der Waals surface area (Å²) in [5, 5.41) is 11.2. The molecule has 3 rings (SSSR count). The lowest BCUT2D eigenvalue weighted by Crippen LogP contribution is -2.47. The number of morpholine rings is 1. The van der Waals surface area contributed by atoms with E-state index in [9.17, 15) is 0 Å². The van der Waals surface area contributed by atoms with Crippen LogP contribution in [-0.2, 0) is 9.47 Å². The highest BCUT2D eigenvalue weighted by molar-refractivity contribution is 5.31. The minimum atomic E-state index is 0.216. The summed E-state index contributed by atoms with van der Waals surface area (Å²) in [7, 11) is 0. The van der Waals surface area contributed by atoms with Crippen LogP contribution in [0.4, 0.5) is 5.82 Å². The van der Waals surface area contributed by atoms with Crippen LogP contribution in [0.25, 0.3) is 0 Å². The van der Waals surface area contributed by atoms with Gasteiger partial charge in [0.25, 0.3) is 0 Å². The van der Waals surface area contributed by atoms with Crippen molar-refractivity contribution in [1.29, 1.82) is 0 Å². The van der Waals surface area contributed by atoms with Gasteiger partial charge in [-0.25, -0.2) is 0 Å². The van der Waals surface area contributed by atoms with Gasteiger partial charge in [0.2, 0.25) is 0 Å². The van der Waals surface area contributed by atoms with Gasteiger partial charge in [-0.05, 0) is 24.5 Å². The first-order valence-electron chi connectivity index (χ1n) is 7.33. The first-order valence-corrected chi connectivity index (χ1v) is 7.33. The van der Waals surface area contributed by atoms with Gasteiger partial charge in [0.1, 0.15) is 5.82 Å². The molecule has 1 aromatic heterocycles. The molecule has 2 atom stereocenters. The molecule has 1 N–H and O–H groups in total. The van der Waals surface area contributed by atoms with E-state index < -0.39 is 0 Å². The van der Waals surface area contributed by atoms with Gasteiger partial charge in [-0.1, -0.05) is 0 Å². The van der Waals surface area contributed by atoms with E-state index in [4.69, 9.17) is 9.47 Å². The monoisotopic (exact) mass is 278 g/mol. The predicted octanol–water partition coefficient (Wildman–Crippen LogP) is 0.626. The number of hydrogen-bond donors (Lipinski definition) is 1. The lowest BCUT2D eigenvalue weighted by Gasteiger charge is -2.34. The molecule has 20 heavy (non-hydrogen) atoms. The quantitative estimate of drug-likeness (QED) is 0.852. The fourth-order valence-electron chi connectivity index (χ4n) is 2.78. The summed E-state index contributed by atoms with van der Waals surface area (Å²) in [6.45, 7) is 6.55. The van der Waals surface area contributed by atoms with Crippen LogP contribution in [0.3, 0.4) is 0 Å². The molecule has 2 aliphatic rings. The van der Waals surface area contributed by atoms with Crippen molar-refractivity contribution in [3.63, 3.8) is 0 Å². The van der Waals surface area contributed by atoms with Gasteiger partial charge < -0.3 is 14.8 Å². The van der Waals surface area contributed by atoms with Crippen molar-refractivity contribution < 1.29 is 9.47 Å². The minimum absolute atomic E-state index is 0.216. The molecule has 2 saturated heterocycles. The molecule has 2 fully saturated rings. The van der Waals surface area contributed by atoms with Gasteiger partial charge in [0.05, 0.1) is 19.3 Å². The van der Waals surface area contributed by atoms with Crippen LogP contribution in [0.5, 0.6) is 0 Å². The number of nitrogens with zero attached hydrogens (tertiary/aromatic N) is 3. The molecule has 0 unspecified atom stereocenters. The van der Waals surface area contributed by atoms with E-state index in [1.807, 2.05) is 12.1 Å². The molecule has 6 heteroatoms. The van der Waals surface area contributed by atoms with E-state index in [1.54, 1.807) is 6.20 Å². The summed E-state index contributed by atoms with van der Waals surface area (Å²) in [5.74, 6) is 1.50. The molecule has 0 saturated carbocycles. The molecule has 3 heterocycles. The fourth-order valence-corrected chi connectivity index (χ4v) is 2.78. The highest BCUT2D eigenvalue weighted by Gasteiger charge is 2.24. The van der Waals surface area contributed by atoms with Crippen LogP contribution >= 0.6 is 0 Å². The SMILES string of the molecule is c1cnnc(NC[C@@H]2CN(C[C@@H]3CCOC3)CCO2)c1. The number of rotatable bonds is 5. The Bertz CT molecular complexity index is 397. The number of anilines is 1. The number of ether oxygens (including phenoxy) is 2. The van der Waals surface area contributed by atoms with Gasteiger partial charge in [0.15, 0.2) is 0 Å². The molecule has 0 amide bonds. The zero-order chi connectivity index (χ0) is 13.6. The lowest BCUT2D eigenvalue weighted by molar-refractivity contribution is -0.0261. The molecule has 1 aromatic rings. The van der Waals surface area contributed by atoms with Gasteiger partial charge >= 0.3 is 0 Å². The van der Waals surface area contributed by atoms with Gasteiger partial charge in [0, 0.05) is 39.0 Å². The van der Waals surface area contributed by atoms with E-state index in [0.717, 1.165) is 51.8 Å². The summed E-state index contributed by atoms with van der Waals surface area (Å²) in [6, 6.07) is 3.80. The minimum Gasteiger partial charge on any atom is -0.381 e. The third-order valence-electron chi connectivity index (χ3n) is 3.85. The second kappa shape index (κ2) is 6.97. The third kappa shape index (κ3) is 3.88. The lowest BCUT2D eigenvalue weighted by atomic mass is 10.1. The first-order chi connectivity index (χ1) is 9.90. The molecule has 6 nitrogen and oxygen atoms in total. The van der Waals surface area contributed by atoms with Crippen molar-refractivity contribution in [3.05, 3.63) is 18.3 Å². The molecular formula is C14H22N4O2. The van der Waals surface area contributed by atoms with E-state index in [0.29, 0.717) is 5.92 Å². The van der Waals surface area contributed by atoms with Crippen LogP contribution in [0.15, 0.2) is 18.3 Å². The molecule has 0 bridgehead atoms. The van der Waals surface area contributed by atoms with Crippen molar-refractivity contribution in [1.82, 2.24) is 15.1 Å². The van der Waals surface area contributed by atoms with E-state index in [-0.39, 0.29) is 6.10 Å².